The highest BCUT2D eigenvalue weighted by Crippen LogP contribution is 2.44. The highest BCUT2D eigenvalue weighted by atomic mass is 14.9. The second-order valence-corrected chi connectivity index (χ2v) is 13.6. The molecule has 0 unspecified atom stereocenters. The molecule has 0 aliphatic carbocycles. The fourth-order valence-electron chi connectivity index (χ4n) is 7.78. The number of hydrogen-bond donors (Lipinski definition) is 0. The van der Waals surface area contributed by atoms with Crippen molar-refractivity contribution in [1.82, 2.24) is 15.0 Å². The molecule has 0 fully saturated rings. The van der Waals surface area contributed by atoms with Crippen molar-refractivity contribution in [3.63, 3.8) is 0 Å². The highest BCUT2D eigenvalue weighted by Gasteiger charge is 2.18. The zero-order chi connectivity index (χ0) is 35.8. The van der Waals surface area contributed by atoms with Gasteiger partial charge in [0, 0.05) is 34.6 Å². The van der Waals surface area contributed by atoms with E-state index in [1.165, 1.54) is 49.0 Å². The van der Waals surface area contributed by atoms with Crippen LogP contribution in [-0.4, -0.2) is 15.0 Å². The summed E-state index contributed by atoms with van der Waals surface area (Å²) >= 11 is 0. The van der Waals surface area contributed by atoms with Gasteiger partial charge in [0.1, 0.15) is 0 Å². The highest BCUT2D eigenvalue weighted by molar-refractivity contribution is 6.21. The first-order chi connectivity index (χ1) is 26.8. The maximum Gasteiger partial charge on any atom is 0.160 e. The summed E-state index contributed by atoms with van der Waals surface area (Å²) in [5.41, 5.74) is 11.7. The van der Waals surface area contributed by atoms with Gasteiger partial charge in [-0.05, 0) is 90.5 Å². The molecule has 0 radical (unpaired) electrons. The molecule has 54 heavy (non-hydrogen) atoms. The molecule has 10 rings (SSSR count). The molecule has 3 heteroatoms. The van der Waals surface area contributed by atoms with E-state index in [-0.39, 0.29) is 0 Å². The van der Waals surface area contributed by atoms with Crippen molar-refractivity contribution in [2.45, 2.75) is 0 Å². The minimum atomic E-state index is 0.682. The van der Waals surface area contributed by atoms with Crippen LogP contribution in [0.5, 0.6) is 0 Å². The Kier molecular flexibility index (Phi) is 7.81. The molecule has 0 aliphatic heterocycles. The molecule has 0 bridgehead atoms. The third-order valence-electron chi connectivity index (χ3n) is 10.3. The second kappa shape index (κ2) is 13.4. The topological polar surface area (TPSA) is 38.7 Å². The molecule has 2 aromatic heterocycles. The van der Waals surface area contributed by atoms with Crippen LogP contribution in [0.15, 0.2) is 200 Å². The van der Waals surface area contributed by atoms with E-state index in [1.54, 1.807) is 6.20 Å². The number of aromatic nitrogens is 3. The molecule has 0 N–H and O–H groups in total. The quantitative estimate of drug-likeness (QED) is 0.163. The monoisotopic (exact) mass is 687 g/mol. The SMILES string of the molecule is c1ccc(-c2cc(-c3cccc(-c4cccnc4)c3)nc(-c3cccc(-c4c5ccccc5c(-c5ccc6ccccc6c5)c5ccccc45)c3)n2)cc1. The van der Waals surface area contributed by atoms with Gasteiger partial charge in [-0.2, -0.15) is 0 Å². The van der Waals surface area contributed by atoms with Crippen LogP contribution in [-0.2, 0) is 0 Å². The lowest BCUT2D eigenvalue weighted by atomic mass is 9.85. The largest absolute Gasteiger partial charge is 0.264 e. The third kappa shape index (κ3) is 5.69. The Morgan fingerprint density at radius 3 is 1.50 bits per heavy atom. The van der Waals surface area contributed by atoms with Gasteiger partial charge in [0.2, 0.25) is 0 Å². The van der Waals surface area contributed by atoms with E-state index in [9.17, 15) is 0 Å². The van der Waals surface area contributed by atoms with Crippen molar-refractivity contribution in [2.75, 3.05) is 0 Å². The Labute approximate surface area is 313 Å². The predicted molar refractivity (Wildman–Crippen MR) is 225 cm³/mol. The lowest BCUT2D eigenvalue weighted by molar-refractivity contribution is 1.18. The normalized spacial score (nSPS) is 11.3. The van der Waals surface area contributed by atoms with Crippen LogP contribution >= 0.6 is 0 Å². The first kappa shape index (κ1) is 31.5. The summed E-state index contributed by atoms with van der Waals surface area (Å²) in [6.07, 6.45) is 3.70. The van der Waals surface area contributed by atoms with Crippen LogP contribution in [0.3, 0.4) is 0 Å². The second-order valence-electron chi connectivity index (χ2n) is 13.6. The summed E-state index contributed by atoms with van der Waals surface area (Å²) < 4.78 is 0. The minimum absolute atomic E-state index is 0.682. The van der Waals surface area contributed by atoms with Gasteiger partial charge in [0.15, 0.2) is 5.82 Å². The molecule has 0 saturated heterocycles. The molecule has 10 aromatic rings. The fraction of sp³-hybridized carbons (Fsp3) is 0. The number of fused-ring (bicyclic) bond motifs is 3. The molecule has 0 amide bonds. The van der Waals surface area contributed by atoms with Crippen LogP contribution < -0.4 is 0 Å². The molecular weight excluding hydrogens is 655 g/mol. The molecule has 0 spiro atoms. The van der Waals surface area contributed by atoms with Gasteiger partial charge < -0.3 is 0 Å². The van der Waals surface area contributed by atoms with Gasteiger partial charge in [0.05, 0.1) is 11.4 Å². The third-order valence-corrected chi connectivity index (χ3v) is 10.3. The first-order valence-electron chi connectivity index (χ1n) is 18.3. The number of rotatable bonds is 6. The van der Waals surface area contributed by atoms with E-state index >= 15 is 0 Å². The molecule has 0 saturated carbocycles. The lowest BCUT2D eigenvalue weighted by Crippen LogP contribution is -1.97. The van der Waals surface area contributed by atoms with Crippen LogP contribution in [0.4, 0.5) is 0 Å². The average molecular weight is 688 g/mol. The minimum Gasteiger partial charge on any atom is -0.264 e. The Morgan fingerprint density at radius 1 is 0.296 bits per heavy atom. The number of benzene rings is 8. The van der Waals surface area contributed by atoms with Gasteiger partial charge in [-0.25, -0.2) is 9.97 Å². The Balaban J connectivity index is 1.16. The molecular formula is C51H33N3. The summed E-state index contributed by atoms with van der Waals surface area (Å²) in [4.78, 5) is 14.8. The van der Waals surface area contributed by atoms with E-state index in [0.717, 1.165) is 44.8 Å². The summed E-state index contributed by atoms with van der Waals surface area (Å²) in [7, 11) is 0. The molecule has 0 aliphatic rings. The number of hydrogen-bond acceptors (Lipinski definition) is 3. The number of nitrogens with zero attached hydrogens (tertiary/aromatic N) is 3. The molecule has 0 atom stereocenters. The first-order valence-corrected chi connectivity index (χ1v) is 18.3. The van der Waals surface area contributed by atoms with Crippen molar-refractivity contribution >= 4 is 32.3 Å². The maximum absolute atomic E-state index is 5.25. The van der Waals surface area contributed by atoms with Gasteiger partial charge in [-0.3, -0.25) is 4.98 Å². The van der Waals surface area contributed by atoms with Gasteiger partial charge in [-0.15, -0.1) is 0 Å². The predicted octanol–water partition coefficient (Wildman–Crippen LogP) is 13.3. The van der Waals surface area contributed by atoms with Crippen LogP contribution in [0.25, 0.3) is 99.6 Å². The maximum atomic E-state index is 5.25. The number of pyridine rings is 1. The van der Waals surface area contributed by atoms with Crippen molar-refractivity contribution in [2.24, 2.45) is 0 Å². The summed E-state index contributed by atoms with van der Waals surface area (Å²) in [5, 5.41) is 7.36. The van der Waals surface area contributed by atoms with Crippen LogP contribution in [0, 0.1) is 0 Å². The van der Waals surface area contributed by atoms with Crippen LogP contribution in [0.1, 0.15) is 0 Å². The van der Waals surface area contributed by atoms with Crippen molar-refractivity contribution < 1.29 is 0 Å². The fourth-order valence-corrected chi connectivity index (χ4v) is 7.78. The average Bonchev–Trinajstić information content (AvgIpc) is 3.26. The van der Waals surface area contributed by atoms with Gasteiger partial charge in [-0.1, -0.05) is 158 Å². The van der Waals surface area contributed by atoms with Crippen molar-refractivity contribution in [3.8, 4) is 67.3 Å². The molecule has 3 nitrogen and oxygen atoms in total. The zero-order valence-corrected chi connectivity index (χ0v) is 29.4. The summed E-state index contributed by atoms with van der Waals surface area (Å²) in [5.74, 6) is 0.682. The van der Waals surface area contributed by atoms with Crippen molar-refractivity contribution in [3.05, 3.63) is 200 Å². The van der Waals surface area contributed by atoms with Gasteiger partial charge >= 0.3 is 0 Å². The van der Waals surface area contributed by atoms with Crippen LogP contribution in [0.2, 0.25) is 0 Å². The van der Waals surface area contributed by atoms with E-state index < -0.39 is 0 Å². The van der Waals surface area contributed by atoms with E-state index in [2.05, 4.69) is 181 Å². The zero-order valence-electron chi connectivity index (χ0n) is 29.4. The van der Waals surface area contributed by atoms with Gasteiger partial charge in [0.25, 0.3) is 0 Å². The molecule has 252 valence electrons. The van der Waals surface area contributed by atoms with E-state index in [1.807, 2.05) is 18.3 Å². The van der Waals surface area contributed by atoms with E-state index in [4.69, 9.17) is 9.97 Å². The smallest absolute Gasteiger partial charge is 0.160 e. The summed E-state index contributed by atoms with van der Waals surface area (Å²) in [6, 6.07) is 66.7. The van der Waals surface area contributed by atoms with E-state index in [0.29, 0.717) is 5.82 Å². The Hall–Kier alpha value is -7.23. The Morgan fingerprint density at radius 2 is 0.815 bits per heavy atom. The molecule has 8 aromatic carbocycles. The molecule has 2 heterocycles. The van der Waals surface area contributed by atoms with Crippen molar-refractivity contribution in [1.29, 1.82) is 0 Å². The lowest BCUT2D eigenvalue weighted by Gasteiger charge is -2.18. The standard InChI is InChI=1S/C51H33N3/c1-2-14-35(15-3-1)47-32-48(38-18-10-17-37(29-38)42-21-12-28-52-33-42)54-51(53-47)41-20-11-19-39(31-41)49-43-22-6-8-24-45(43)50(46-25-9-7-23-44(46)49)40-27-26-34-13-4-5-16-36(34)30-40/h1-33H. The Bertz CT molecular complexity index is 2930. The summed E-state index contributed by atoms with van der Waals surface area (Å²) in [6.45, 7) is 0.